The second-order valence-electron chi connectivity index (χ2n) is 6.47. The minimum atomic E-state index is -5.68. The first kappa shape index (κ1) is 21.9. The maximum Gasteiger partial charge on any atom is 0.455 e. The number of sulfone groups is 1. The number of nitrogens with zero attached hydrogens (tertiary/aromatic N) is 3. The Morgan fingerprint density at radius 3 is 2.43 bits per heavy atom. The number of alkyl halides is 5. The van der Waals surface area contributed by atoms with Gasteiger partial charge >= 0.3 is 12.1 Å². The smallest absolute Gasteiger partial charge is 0.373 e. The Balaban J connectivity index is 2.10. The number of fused-ring (bicyclic) bond motifs is 1. The van der Waals surface area contributed by atoms with Crippen LogP contribution in [0.3, 0.4) is 0 Å². The summed E-state index contributed by atoms with van der Waals surface area (Å²) >= 11 is 0. The molecule has 3 heterocycles. The van der Waals surface area contributed by atoms with E-state index in [-0.39, 0.29) is 27.6 Å². The SMILES string of the molecule is CCS(=O)(=O)c1ccc(NC)nc1-c1cc2ccn(CC(F)(F)C(F)(F)F)c2cn1. The molecule has 0 radical (unpaired) electrons. The van der Waals surface area contributed by atoms with E-state index in [1.165, 1.54) is 31.2 Å². The third-order valence-corrected chi connectivity index (χ3v) is 6.27. The maximum atomic E-state index is 13.4. The number of aromatic nitrogens is 3. The van der Waals surface area contributed by atoms with Gasteiger partial charge in [0.2, 0.25) is 0 Å². The summed E-state index contributed by atoms with van der Waals surface area (Å²) in [6.45, 7) is -0.118. The van der Waals surface area contributed by atoms with Crippen LogP contribution in [0.15, 0.2) is 41.6 Å². The van der Waals surface area contributed by atoms with Crippen LogP contribution in [0.4, 0.5) is 27.8 Å². The van der Waals surface area contributed by atoms with E-state index in [9.17, 15) is 30.4 Å². The summed E-state index contributed by atoms with van der Waals surface area (Å²) < 4.78 is 90.0. The van der Waals surface area contributed by atoms with Crippen LogP contribution in [-0.2, 0) is 16.4 Å². The molecule has 0 aliphatic heterocycles. The molecule has 0 spiro atoms. The lowest BCUT2D eigenvalue weighted by Gasteiger charge is -2.20. The van der Waals surface area contributed by atoms with Gasteiger partial charge in [-0.2, -0.15) is 22.0 Å². The number of pyridine rings is 2. The Hall–Kier alpha value is -2.76. The molecule has 12 heteroatoms. The highest BCUT2D eigenvalue weighted by Crippen LogP contribution is 2.37. The van der Waals surface area contributed by atoms with Gasteiger partial charge in [-0.3, -0.25) is 4.98 Å². The summed E-state index contributed by atoms with van der Waals surface area (Å²) in [5.41, 5.74) is 0.248. The lowest BCUT2D eigenvalue weighted by atomic mass is 10.2. The summed E-state index contributed by atoms with van der Waals surface area (Å²) in [6, 6.07) is 5.62. The topological polar surface area (TPSA) is 76.9 Å². The van der Waals surface area contributed by atoms with Gasteiger partial charge in [-0.15, -0.1) is 0 Å². The highest BCUT2D eigenvalue weighted by molar-refractivity contribution is 7.91. The minimum absolute atomic E-state index is 0.0485. The monoisotopic (exact) mass is 448 g/mol. The van der Waals surface area contributed by atoms with Crippen LogP contribution in [-0.4, -0.2) is 47.9 Å². The molecule has 0 aromatic carbocycles. The zero-order chi connectivity index (χ0) is 22.3. The van der Waals surface area contributed by atoms with E-state index < -0.39 is 28.5 Å². The molecule has 0 aliphatic rings. The predicted molar refractivity (Wildman–Crippen MR) is 101 cm³/mol. The van der Waals surface area contributed by atoms with Crippen molar-refractivity contribution < 1.29 is 30.4 Å². The fourth-order valence-electron chi connectivity index (χ4n) is 2.83. The Labute approximate surface area is 168 Å². The second-order valence-corrected chi connectivity index (χ2v) is 8.72. The van der Waals surface area contributed by atoms with Gasteiger partial charge in [-0.1, -0.05) is 6.92 Å². The molecule has 3 aromatic heterocycles. The number of hydrogen-bond donors (Lipinski definition) is 1. The van der Waals surface area contributed by atoms with Crippen molar-refractivity contribution in [1.82, 2.24) is 14.5 Å². The van der Waals surface area contributed by atoms with E-state index in [0.717, 1.165) is 17.0 Å². The second kappa shape index (κ2) is 7.49. The van der Waals surface area contributed by atoms with Gasteiger partial charge in [0.25, 0.3) is 0 Å². The first-order valence-corrected chi connectivity index (χ1v) is 10.4. The molecule has 3 rings (SSSR count). The fourth-order valence-corrected chi connectivity index (χ4v) is 3.87. The van der Waals surface area contributed by atoms with Crippen LogP contribution in [0.5, 0.6) is 0 Å². The molecule has 3 aromatic rings. The van der Waals surface area contributed by atoms with Gasteiger partial charge in [0.15, 0.2) is 9.84 Å². The van der Waals surface area contributed by atoms with Crippen molar-refractivity contribution in [3.8, 4) is 11.4 Å². The summed E-state index contributed by atoms with van der Waals surface area (Å²) in [6.07, 6.45) is -3.47. The molecule has 30 heavy (non-hydrogen) atoms. The lowest BCUT2D eigenvalue weighted by Crippen LogP contribution is -2.40. The zero-order valence-corrected chi connectivity index (χ0v) is 16.7. The molecule has 0 atom stereocenters. The van der Waals surface area contributed by atoms with Gasteiger partial charge in [0.05, 0.1) is 34.6 Å². The molecule has 0 unspecified atom stereocenters. The summed E-state index contributed by atoms with van der Waals surface area (Å²) in [5.74, 6) is -4.71. The van der Waals surface area contributed by atoms with Gasteiger partial charge in [-0.05, 0) is 24.3 Å². The lowest BCUT2D eigenvalue weighted by molar-refractivity contribution is -0.286. The van der Waals surface area contributed by atoms with Gasteiger partial charge in [0, 0.05) is 18.6 Å². The number of halogens is 5. The average molecular weight is 448 g/mol. The van der Waals surface area contributed by atoms with E-state index in [4.69, 9.17) is 0 Å². The Morgan fingerprint density at radius 2 is 1.83 bits per heavy atom. The summed E-state index contributed by atoms with van der Waals surface area (Å²) in [5, 5.41) is 3.10. The van der Waals surface area contributed by atoms with E-state index in [1.807, 2.05) is 0 Å². The van der Waals surface area contributed by atoms with E-state index in [2.05, 4.69) is 15.3 Å². The number of hydrogen-bond acceptors (Lipinski definition) is 5. The number of rotatable bonds is 6. The molecule has 0 bridgehead atoms. The molecule has 0 saturated heterocycles. The molecule has 0 amide bonds. The van der Waals surface area contributed by atoms with Crippen molar-refractivity contribution in [1.29, 1.82) is 0 Å². The highest BCUT2D eigenvalue weighted by Gasteiger charge is 2.57. The molecule has 0 aliphatic carbocycles. The Morgan fingerprint density at radius 1 is 1.13 bits per heavy atom. The van der Waals surface area contributed by atoms with Crippen LogP contribution in [0.1, 0.15) is 6.92 Å². The van der Waals surface area contributed by atoms with Gasteiger partial charge in [0.1, 0.15) is 11.5 Å². The maximum absolute atomic E-state index is 13.4. The third-order valence-electron chi connectivity index (χ3n) is 4.51. The Bertz CT molecular complexity index is 1190. The van der Waals surface area contributed by atoms with Crippen molar-refractivity contribution >= 4 is 26.6 Å². The van der Waals surface area contributed by atoms with E-state index in [0.29, 0.717) is 11.2 Å². The van der Waals surface area contributed by atoms with Crippen molar-refractivity contribution in [3.63, 3.8) is 0 Å². The summed E-state index contributed by atoms with van der Waals surface area (Å²) in [7, 11) is -2.06. The van der Waals surface area contributed by atoms with E-state index >= 15 is 0 Å². The van der Waals surface area contributed by atoms with Crippen LogP contribution in [0.25, 0.3) is 22.3 Å². The number of anilines is 1. The minimum Gasteiger partial charge on any atom is -0.373 e. The zero-order valence-electron chi connectivity index (χ0n) is 15.8. The van der Waals surface area contributed by atoms with Gasteiger partial charge in [-0.25, -0.2) is 13.4 Å². The van der Waals surface area contributed by atoms with Crippen LogP contribution in [0, 0.1) is 0 Å². The normalized spacial score (nSPS) is 13.0. The van der Waals surface area contributed by atoms with Crippen LogP contribution < -0.4 is 5.32 Å². The Kier molecular flexibility index (Phi) is 5.48. The predicted octanol–water partition coefficient (Wildman–Crippen LogP) is 4.13. The summed E-state index contributed by atoms with van der Waals surface area (Å²) in [4.78, 5) is 8.28. The van der Waals surface area contributed by atoms with Crippen molar-refractivity contribution in [3.05, 3.63) is 36.7 Å². The molecular formula is C18H17F5N4O2S. The first-order valence-electron chi connectivity index (χ1n) is 8.71. The molecule has 162 valence electrons. The average Bonchev–Trinajstić information content (AvgIpc) is 3.08. The third kappa shape index (κ3) is 3.95. The van der Waals surface area contributed by atoms with Crippen molar-refractivity contribution in [2.75, 3.05) is 18.1 Å². The van der Waals surface area contributed by atoms with Crippen molar-refractivity contribution in [2.45, 2.75) is 30.5 Å². The molecular weight excluding hydrogens is 431 g/mol. The molecule has 0 fully saturated rings. The van der Waals surface area contributed by atoms with Crippen LogP contribution in [0.2, 0.25) is 0 Å². The standard InChI is InChI=1S/C18H17F5N4O2S/c1-3-30(28,29)14-4-5-15(24-2)26-16(14)12-8-11-6-7-27(13(11)9-25-12)10-17(19,20)18(21,22)23/h4-9H,3,10H2,1-2H3,(H,24,26). The first-order chi connectivity index (χ1) is 13.9. The molecule has 1 N–H and O–H groups in total. The van der Waals surface area contributed by atoms with Crippen molar-refractivity contribution in [2.24, 2.45) is 0 Å². The van der Waals surface area contributed by atoms with E-state index in [1.54, 1.807) is 7.05 Å². The fraction of sp³-hybridized carbons (Fsp3) is 0.333. The highest BCUT2D eigenvalue weighted by atomic mass is 32.2. The number of nitrogens with one attached hydrogen (secondary N) is 1. The molecule has 0 saturated carbocycles. The largest absolute Gasteiger partial charge is 0.455 e. The quantitative estimate of drug-likeness (QED) is 0.574. The van der Waals surface area contributed by atoms with Crippen LogP contribution >= 0.6 is 0 Å². The molecule has 6 nitrogen and oxygen atoms in total. The van der Waals surface area contributed by atoms with Gasteiger partial charge < -0.3 is 9.88 Å².